The molecule has 2 rings (SSSR count). The fraction of sp³-hybridized carbons (Fsp3) is 0. The van der Waals surface area contributed by atoms with E-state index in [4.69, 9.17) is 0 Å². The average Bonchev–Trinajstić information content (AvgIpc) is 2.25. The molecule has 0 aliphatic heterocycles. The highest BCUT2D eigenvalue weighted by Crippen LogP contribution is 2.24. The van der Waals surface area contributed by atoms with E-state index in [0.717, 1.165) is 4.47 Å². The molecule has 0 saturated heterocycles. The molecule has 0 spiro atoms. The van der Waals surface area contributed by atoms with Gasteiger partial charge in [0.1, 0.15) is 5.75 Å². The number of benzene rings is 1. The summed E-state index contributed by atoms with van der Waals surface area (Å²) >= 11 is 3.24. The fourth-order valence-electron chi connectivity index (χ4n) is 1.08. The van der Waals surface area contributed by atoms with Gasteiger partial charge in [-0.15, -0.1) is 0 Å². The number of para-hydroxylation sites is 2. The van der Waals surface area contributed by atoms with Crippen LogP contribution in [0.1, 0.15) is 0 Å². The number of nitrogens with zero attached hydrogens (tertiary/aromatic N) is 2. The number of halogens is 1. The Balaban J connectivity index is 2.22. The van der Waals surface area contributed by atoms with E-state index in [2.05, 4.69) is 31.2 Å². The van der Waals surface area contributed by atoms with Crippen LogP contribution in [0, 0.1) is 0 Å². The third-order valence-corrected chi connectivity index (χ3v) is 2.18. The Morgan fingerprint density at radius 1 is 1.13 bits per heavy atom. The van der Waals surface area contributed by atoms with Gasteiger partial charge in [0.2, 0.25) is 5.95 Å². The summed E-state index contributed by atoms with van der Waals surface area (Å²) in [5.74, 6) is 0.615. The summed E-state index contributed by atoms with van der Waals surface area (Å²) in [6.07, 6.45) is 3.27. The van der Waals surface area contributed by atoms with Crippen molar-refractivity contribution in [1.29, 1.82) is 0 Å². The fourth-order valence-corrected chi connectivity index (χ4v) is 1.28. The Morgan fingerprint density at radius 2 is 1.80 bits per heavy atom. The van der Waals surface area contributed by atoms with Crippen molar-refractivity contribution in [3.8, 4) is 5.75 Å². The van der Waals surface area contributed by atoms with Crippen molar-refractivity contribution in [3.05, 3.63) is 41.1 Å². The van der Waals surface area contributed by atoms with Gasteiger partial charge in [0.25, 0.3) is 0 Å². The maximum absolute atomic E-state index is 9.50. The Bertz CT molecular complexity index is 458. The summed E-state index contributed by atoms with van der Waals surface area (Å²) in [4.78, 5) is 8.07. The highest BCUT2D eigenvalue weighted by atomic mass is 79.9. The van der Waals surface area contributed by atoms with Gasteiger partial charge < -0.3 is 10.4 Å². The maximum Gasteiger partial charge on any atom is 0.227 e. The van der Waals surface area contributed by atoms with Crippen LogP contribution in [0.15, 0.2) is 41.1 Å². The van der Waals surface area contributed by atoms with Crippen LogP contribution in [-0.2, 0) is 0 Å². The first-order valence-electron chi connectivity index (χ1n) is 4.28. The lowest BCUT2D eigenvalue weighted by Gasteiger charge is -2.05. The largest absolute Gasteiger partial charge is 0.506 e. The van der Waals surface area contributed by atoms with E-state index in [1.54, 1.807) is 30.6 Å². The van der Waals surface area contributed by atoms with Gasteiger partial charge in [0.05, 0.1) is 10.2 Å². The van der Waals surface area contributed by atoms with Crippen LogP contribution < -0.4 is 5.32 Å². The van der Waals surface area contributed by atoms with Gasteiger partial charge in [-0.05, 0) is 28.1 Å². The van der Waals surface area contributed by atoms with Crippen LogP contribution in [0.2, 0.25) is 0 Å². The van der Waals surface area contributed by atoms with Crippen molar-refractivity contribution >= 4 is 27.6 Å². The summed E-state index contributed by atoms with van der Waals surface area (Å²) in [6.45, 7) is 0. The second-order valence-corrected chi connectivity index (χ2v) is 3.78. The van der Waals surface area contributed by atoms with Crippen LogP contribution in [0.5, 0.6) is 5.75 Å². The zero-order valence-corrected chi connectivity index (χ0v) is 9.27. The molecule has 5 heteroatoms. The summed E-state index contributed by atoms with van der Waals surface area (Å²) in [5.41, 5.74) is 0.583. The quantitative estimate of drug-likeness (QED) is 0.820. The predicted octanol–water partition coefficient (Wildman–Crippen LogP) is 2.69. The Labute approximate surface area is 95.1 Å². The number of anilines is 2. The summed E-state index contributed by atoms with van der Waals surface area (Å²) in [6, 6.07) is 6.92. The first-order valence-corrected chi connectivity index (χ1v) is 5.07. The van der Waals surface area contributed by atoms with Crippen LogP contribution in [0.3, 0.4) is 0 Å². The molecule has 1 aromatic heterocycles. The van der Waals surface area contributed by atoms with Crippen LogP contribution in [0.25, 0.3) is 0 Å². The monoisotopic (exact) mass is 265 g/mol. The van der Waals surface area contributed by atoms with Gasteiger partial charge in [-0.25, -0.2) is 9.97 Å². The van der Waals surface area contributed by atoms with Crippen LogP contribution >= 0.6 is 15.9 Å². The average molecular weight is 266 g/mol. The molecule has 15 heavy (non-hydrogen) atoms. The molecule has 76 valence electrons. The standard InChI is InChI=1S/C10H8BrN3O/c11-7-5-12-10(13-6-7)14-8-3-1-2-4-9(8)15/h1-6,15H,(H,12,13,14). The zero-order chi connectivity index (χ0) is 10.7. The van der Waals surface area contributed by atoms with Gasteiger partial charge >= 0.3 is 0 Å². The minimum Gasteiger partial charge on any atom is -0.506 e. The minimum atomic E-state index is 0.170. The second-order valence-electron chi connectivity index (χ2n) is 2.87. The molecule has 1 heterocycles. The first kappa shape index (κ1) is 9.92. The third-order valence-electron chi connectivity index (χ3n) is 1.77. The summed E-state index contributed by atoms with van der Waals surface area (Å²) in [7, 11) is 0. The molecule has 0 amide bonds. The Kier molecular flexibility index (Phi) is 2.82. The Hall–Kier alpha value is -1.62. The molecular formula is C10H8BrN3O. The molecular weight excluding hydrogens is 258 g/mol. The van der Waals surface area contributed by atoms with Gasteiger partial charge in [-0.2, -0.15) is 0 Å². The number of phenolic OH excluding ortho intramolecular Hbond substituents is 1. The molecule has 0 atom stereocenters. The topological polar surface area (TPSA) is 58.0 Å². The van der Waals surface area contributed by atoms with E-state index in [0.29, 0.717) is 11.6 Å². The zero-order valence-electron chi connectivity index (χ0n) is 7.68. The molecule has 0 bridgehead atoms. The molecule has 2 aromatic rings. The van der Waals surface area contributed by atoms with E-state index < -0.39 is 0 Å². The van der Waals surface area contributed by atoms with Gasteiger partial charge in [-0.3, -0.25) is 0 Å². The van der Waals surface area contributed by atoms with Gasteiger partial charge in [0, 0.05) is 12.4 Å². The van der Waals surface area contributed by atoms with Gasteiger partial charge in [-0.1, -0.05) is 12.1 Å². The number of hydrogen-bond donors (Lipinski definition) is 2. The van der Waals surface area contributed by atoms with E-state index in [-0.39, 0.29) is 5.75 Å². The summed E-state index contributed by atoms with van der Waals surface area (Å²) < 4.78 is 0.810. The SMILES string of the molecule is Oc1ccccc1Nc1ncc(Br)cn1. The molecule has 0 saturated carbocycles. The van der Waals surface area contributed by atoms with E-state index in [9.17, 15) is 5.11 Å². The molecule has 0 unspecified atom stereocenters. The third kappa shape index (κ3) is 2.44. The number of aromatic nitrogens is 2. The maximum atomic E-state index is 9.50. The smallest absolute Gasteiger partial charge is 0.227 e. The first-order chi connectivity index (χ1) is 7.25. The van der Waals surface area contributed by atoms with Crippen molar-refractivity contribution in [2.24, 2.45) is 0 Å². The number of phenols is 1. The highest BCUT2D eigenvalue weighted by molar-refractivity contribution is 9.10. The predicted molar refractivity (Wildman–Crippen MR) is 61.1 cm³/mol. The normalized spacial score (nSPS) is 9.93. The van der Waals surface area contributed by atoms with E-state index in [1.165, 1.54) is 0 Å². The molecule has 1 aromatic carbocycles. The van der Waals surface area contributed by atoms with Crippen molar-refractivity contribution in [1.82, 2.24) is 9.97 Å². The lowest BCUT2D eigenvalue weighted by Crippen LogP contribution is -1.96. The number of hydrogen-bond acceptors (Lipinski definition) is 4. The molecule has 0 aliphatic carbocycles. The number of rotatable bonds is 2. The molecule has 0 aliphatic rings. The van der Waals surface area contributed by atoms with Crippen molar-refractivity contribution in [3.63, 3.8) is 0 Å². The van der Waals surface area contributed by atoms with Gasteiger partial charge in [0.15, 0.2) is 0 Å². The molecule has 0 fully saturated rings. The van der Waals surface area contributed by atoms with E-state index >= 15 is 0 Å². The van der Waals surface area contributed by atoms with Crippen molar-refractivity contribution < 1.29 is 5.11 Å². The Morgan fingerprint density at radius 3 is 2.47 bits per heavy atom. The molecule has 2 N–H and O–H groups in total. The number of aromatic hydroxyl groups is 1. The molecule has 4 nitrogen and oxygen atoms in total. The van der Waals surface area contributed by atoms with Crippen LogP contribution in [-0.4, -0.2) is 15.1 Å². The summed E-state index contributed by atoms with van der Waals surface area (Å²) in [5, 5.41) is 12.4. The lowest BCUT2D eigenvalue weighted by atomic mass is 10.3. The van der Waals surface area contributed by atoms with Crippen molar-refractivity contribution in [2.45, 2.75) is 0 Å². The minimum absolute atomic E-state index is 0.170. The van der Waals surface area contributed by atoms with E-state index in [1.807, 2.05) is 6.07 Å². The van der Waals surface area contributed by atoms with Crippen molar-refractivity contribution in [2.75, 3.05) is 5.32 Å². The lowest BCUT2D eigenvalue weighted by molar-refractivity contribution is 0.477. The highest BCUT2D eigenvalue weighted by Gasteiger charge is 2.01. The number of nitrogens with one attached hydrogen (secondary N) is 1. The molecule has 0 radical (unpaired) electrons. The van der Waals surface area contributed by atoms with Crippen LogP contribution in [0.4, 0.5) is 11.6 Å². The second kappa shape index (κ2) is 4.27.